The van der Waals surface area contributed by atoms with E-state index in [4.69, 9.17) is 10.5 Å². The zero-order chi connectivity index (χ0) is 15.4. The van der Waals surface area contributed by atoms with E-state index in [0.29, 0.717) is 0 Å². The van der Waals surface area contributed by atoms with Crippen molar-refractivity contribution in [2.24, 2.45) is 5.73 Å². The van der Waals surface area contributed by atoms with Gasteiger partial charge in [-0.05, 0) is 59.5 Å². The molecule has 2 aromatic carbocycles. The van der Waals surface area contributed by atoms with Crippen molar-refractivity contribution in [3.63, 3.8) is 0 Å². The van der Waals surface area contributed by atoms with Crippen LogP contribution in [0.3, 0.4) is 0 Å². The molecule has 0 spiro atoms. The molecule has 112 valence electrons. The summed E-state index contributed by atoms with van der Waals surface area (Å²) in [7, 11) is 0. The smallest absolute Gasteiger partial charge is 0.139 e. The van der Waals surface area contributed by atoms with Gasteiger partial charge in [-0.3, -0.25) is 0 Å². The number of ether oxygens (including phenoxy) is 1. The van der Waals surface area contributed by atoms with Crippen LogP contribution < -0.4 is 10.5 Å². The Hall–Kier alpha value is -1.32. The van der Waals surface area contributed by atoms with Gasteiger partial charge in [-0.15, -0.1) is 0 Å². The molecule has 0 aliphatic carbocycles. The van der Waals surface area contributed by atoms with Gasteiger partial charge in [-0.2, -0.15) is 0 Å². The van der Waals surface area contributed by atoms with E-state index in [2.05, 4.69) is 61.0 Å². The second kappa shape index (κ2) is 7.10. The van der Waals surface area contributed by atoms with Crippen LogP contribution in [-0.2, 0) is 0 Å². The van der Waals surface area contributed by atoms with Crippen molar-refractivity contribution in [3.05, 3.63) is 63.6 Å². The van der Waals surface area contributed by atoms with Crippen molar-refractivity contribution in [2.75, 3.05) is 0 Å². The zero-order valence-electron chi connectivity index (χ0n) is 12.8. The van der Waals surface area contributed by atoms with Crippen LogP contribution in [0.2, 0.25) is 0 Å². The molecule has 0 saturated heterocycles. The fourth-order valence-corrected chi connectivity index (χ4v) is 2.89. The summed E-state index contributed by atoms with van der Waals surface area (Å²) in [5.41, 5.74) is 9.82. The minimum Gasteiger partial charge on any atom is -0.483 e. The molecule has 2 unspecified atom stereocenters. The van der Waals surface area contributed by atoms with Gasteiger partial charge in [0.1, 0.15) is 11.9 Å². The molecular formula is C18H22BrNO. The first-order valence-electron chi connectivity index (χ1n) is 7.26. The third-order valence-corrected chi connectivity index (χ3v) is 4.19. The maximum atomic E-state index is 6.29. The van der Waals surface area contributed by atoms with Crippen molar-refractivity contribution in [3.8, 4) is 5.75 Å². The van der Waals surface area contributed by atoms with Crippen molar-refractivity contribution >= 4 is 15.9 Å². The monoisotopic (exact) mass is 347 g/mol. The van der Waals surface area contributed by atoms with Crippen LogP contribution in [0.4, 0.5) is 0 Å². The summed E-state index contributed by atoms with van der Waals surface area (Å²) in [6, 6.07) is 14.4. The molecule has 0 aliphatic rings. The Kier molecular flexibility index (Phi) is 5.43. The molecule has 2 N–H and O–H groups in total. The molecule has 0 fully saturated rings. The number of halogens is 1. The van der Waals surface area contributed by atoms with Crippen LogP contribution in [0.15, 0.2) is 46.9 Å². The summed E-state index contributed by atoms with van der Waals surface area (Å²) in [5, 5.41) is 0. The first kappa shape index (κ1) is 16.1. The van der Waals surface area contributed by atoms with E-state index < -0.39 is 0 Å². The maximum Gasteiger partial charge on any atom is 0.139 e. The summed E-state index contributed by atoms with van der Waals surface area (Å²) < 4.78 is 7.18. The number of rotatable bonds is 5. The molecule has 0 bridgehead atoms. The Balaban J connectivity index is 2.33. The van der Waals surface area contributed by atoms with E-state index in [9.17, 15) is 0 Å². The quantitative estimate of drug-likeness (QED) is 0.832. The molecule has 0 amide bonds. The van der Waals surface area contributed by atoms with Gasteiger partial charge < -0.3 is 10.5 Å². The molecule has 0 heterocycles. The van der Waals surface area contributed by atoms with Crippen LogP contribution in [0, 0.1) is 13.8 Å². The molecule has 0 radical (unpaired) electrons. The van der Waals surface area contributed by atoms with E-state index >= 15 is 0 Å². The number of hydrogen-bond acceptors (Lipinski definition) is 2. The van der Waals surface area contributed by atoms with E-state index in [1.165, 1.54) is 11.1 Å². The van der Waals surface area contributed by atoms with Gasteiger partial charge in [-0.1, -0.05) is 42.8 Å². The van der Waals surface area contributed by atoms with Gasteiger partial charge in [-0.25, -0.2) is 0 Å². The van der Waals surface area contributed by atoms with Crippen LogP contribution >= 0.6 is 15.9 Å². The SMILES string of the molecule is CCC(N)C(Oc1ccc(C)cc1Br)c1cccc(C)c1. The summed E-state index contributed by atoms with van der Waals surface area (Å²) in [5.74, 6) is 0.830. The van der Waals surface area contributed by atoms with Gasteiger partial charge in [0.05, 0.1) is 4.47 Å². The molecule has 2 nitrogen and oxygen atoms in total. The highest BCUT2D eigenvalue weighted by atomic mass is 79.9. The van der Waals surface area contributed by atoms with Gasteiger partial charge in [0.25, 0.3) is 0 Å². The van der Waals surface area contributed by atoms with Crippen LogP contribution in [0.5, 0.6) is 5.75 Å². The van der Waals surface area contributed by atoms with Gasteiger partial charge in [0.15, 0.2) is 0 Å². The standard InChI is InChI=1S/C18H22BrNO/c1-4-16(20)18(14-7-5-6-12(2)10-14)21-17-9-8-13(3)11-15(17)19/h5-11,16,18H,4,20H2,1-3H3. The third kappa shape index (κ3) is 4.08. The minimum absolute atomic E-state index is 0.0417. The van der Waals surface area contributed by atoms with Gasteiger partial charge >= 0.3 is 0 Å². The summed E-state index contributed by atoms with van der Waals surface area (Å²) in [4.78, 5) is 0. The number of nitrogens with two attached hydrogens (primary N) is 1. The van der Waals surface area contributed by atoms with E-state index in [1.54, 1.807) is 0 Å². The number of hydrogen-bond donors (Lipinski definition) is 1. The van der Waals surface area contributed by atoms with Crippen molar-refractivity contribution < 1.29 is 4.74 Å². The van der Waals surface area contributed by atoms with Crippen molar-refractivity contribution in [2.45, 2.75) is 39.3 Å². The molecule has 0 saturated carbocycles. The Bertz CT molecular complexity index is 612. The second-order valence-corrected chi connectivity index (χ2v) is 6.31. The van der Waals surface area contributed by atoms with E-state index in [-0.39, 0.29) is 12.1 Å². The van der Waals surface area contributed by atoms with Crippen molar-refractivity contribution in [1.82, 2.24) is 0 Å². The molecule has 2 atom stereocenters. The van der Waals surface area contributed by atoms with Crippen LogP contribution in [-0.4, -0.2) is 6.04 Å². The lowest BCUT2D eigenvalue weighted by molar-refractivity contribution is 0.170. The molecular weight excluding hydrogens is 326 g/mol. The molecule has 21 heavy (non-hydrogen) atoms. The number of aryl methyl sites for hydroxylation is 2. The average Bonchev–Trinajstić information content (AvgIpc) is 2.45. The number of benzene rings is 2. The van der Waals surface area contributed by atoms with Gasteiger partial charge in [0.2, 0.25) is 0 Å². The summed E-state index contributed by atoms with van der Waals surface area (Å²) >= 11 is 3.57. The summed E-state index contributed by atoms with van der Waals surface area (Å²) in [6.45, 7) is 6.23. The Morgan fingerprint density at radius 2 is 1.81 bits per heavy atom. The highest BCUT2D eigenvalue weighted by molar-refractivity contribution is 9.10. The molecule has 2 rings (SSSR count). The highest BCUT2D eigenvalue weighted by Crippen LogP contribution is 2.32. The Morgan fingerprint density at radius 3 is 2.43 bits per heavy atom. The summed E-state index contributed by atoms with van der Waals surface area (Å²) in [6.07, 6.45) is 0.719. The Labute approximate surface area is 135 Å². The van der Waals surface area contributed by atoms with Crippen molar-refractivity contribution in [1.29, 1.82) is 0 Å². The van der Waals surface area contributed by atoms with Gasteiger partial charge in [0, 0.05) is 6.04 Å². The first-order chi connectivity index (χ1) is 10.0. The predicted molar refractivity (Wildman–Crippen MR) is 91.7 cm³/mol. The fourth-order valence-electron chi connectivity index (χ4n) is 2.30. The topological polar surface area (TPSA) is 35.2 Å². The lowest BCUT2D eigenvalue weighted by Crippen LogP contribution is -2.31. The van der Waals surface area contributed by atoms with Crippen LogP contribution in [0.25, 0.3) is 0 Å². The lowest BCUT2D eigenvalue weighted by atomic mass is 9.99. The normalized spacial score (nSPS) is 13.8. The average molecular weight is 348 g/mol. The Morgan fingerprint density at radius 1 is 1.10 bits per heavy atom. The molecule has 0 aromatic heterocycles. The molecule has 3 heteroatoms. The largest absolute Gasteiger partial charge is 0.483 e. The predicted octanol–water partition coefficient (Wildman–Crippen LogP) is 4.92. The third-order valence-electron chi connectivity index (χ3n) is 3.57. The second-order valence-electron chi connectivity index (χ2n) is 5.46. The zero-order valence-corrected chi connectivity index (χ0v) is 14.4. The van der Waals surface area contributed by atoms with E-state index in [0.717, 1.165) is 22.2 Å². The minimum atomic E-state index is -0.145. The molecule has 2 aromatic rings. The maximum absolute atomic E-state index is 6.29. The molecule has 0 aliphatic heterocycles. The van der Waals surface area contributed by atoms with Crippen LogP contribution in [0.1, 0.15) is 36.1 Å². The fraction of sp³-hybridized carbons (Fsp3) is 0.333. The lowest BCUT2D eigenvalue weighted by Gasteiger charge is -2.25. The first-order valence-corrected chi connectivity index (χ1v) is 8.05. The highest BCUT2D eigenvalue weighted by Gasteiger charge is 2.21. The van der Waals surface area contributed by atoms with E-state index in [1.807, 2.05) is 18.2 Å².